The van der Waals surface area contributed by atoms with E-state index in [1.807, 2.05) is 33.8 Å². The molecule has 0 spiro atoms. The predicted molar refractivity (Wildman–Crippen MR) is 97.0 cm³/mol. The number of aromatic nitrogens is 3. The van der Waals surface area contributed by atoms with Crippen LogP contribution in [0.25, 0.3) is 0 Å². The smallest absolute Gasteiger partial charge is 0.244 e. The van der Waals surface area contributed by atoms with Crippen LogP contribution in [-0.4, -0.2) is 45.2 Å². The molecule has 1 saturated heterocycles. The van der Waals surface area contributed by atoms with Crippen LogP contribution < -0.4 is 5.32 Å². The molecular formula is C19H27N5O. The maximum absolute atomic E-state index is 12.9. The van der Waals surface area contributed by atoms with E-state index in [0.29, 0.717) is 19.0 Å². The van der Waals surface area contributed by atoms with E-state index in [0.717, 1.165) is 43.9 Å². The first-order valence-electron chi connectivity index (χ1n) is 9.18. The Bertz CT molecular complexity index is 663. The molecule has 0 bridgehead atoms. The van der Waals surface area contributed by atoms with Gasteiger partial charge in [0.15, 0.2) is 0 Å². The van der Waals surface area contributed by atoms with Gasteiger partial charge in [0.05, 0.1) is 12.2 Å². The fourth-order valence-electron chi connectivity index (χ4n) is 3.40. The van der Waals surface area contributed by atoms with E-state index in [-0.39, 0.29) is 5.91 Å². The maximum atomic E-state index is 12.9. The van der Waals surface area contributed by atoms with Crippen molar-refractivity contribution >= 4 is 5.91 Å². The van der Waals surface area contributed by atoms with E-state index >= 15 is 0 Å². The Morgan fingerprint density at radius 2 is 2.28 bits per heavy atom. The van der Waals surface area contributed by atoms with Crippen molar-refractivity contribution in [1.29, 1.82) is 0 Å². The molecule has 2 aromatic rings. The lowest BCUT2D eigenvalue weighted by Crippen LogP contribution is -2.36. The minimum atomic E-state index is 0.0984. The zero-order valence-corrected chi connectivity index (χ0v) is 14.9. The van der Waals surface area contributed by atoms with Gasteiger partial charge >= 0.3 is 0 Å². The molecule has 2 aromatic heterocycles. The highest BCUT2D eigenvalue weighted by atomic mass is 16.2. The van der Waals surface area contributed by atoms with Crippen LogP contribution in [0.3, 0.4) is 0 Å². The average molecular weight is 341 g/mol. The van der Waals surface area contributed by atoms with Crippen LogP contribution in [0, 0.1) is 0 Å². The summed E-state index contributed by atoms with van der Waals surface area (Å²) >= 11 is 0. The van der Waals surface area contributed by atoms with Crippen LogP contribution in [0.15, 0.2) is 36.7 Å². The number of rotatable bonds is 7. The van der Waals surface area contributed by atoms with Crippen molar-refractivity contribution in [2.75, 3.05) is 19.6 Å². The molecule has 0 radical (unpaired) electrons. The van der Waals surface area contributed by atoms with Gasteiger partial charge in [0.2, 0.25) is 5.91 Å². The van der Waals surface area contributed by atoms with Gasteiger partial charge in [-0.05, 0) is 44.0 Å². The fourth-order valence-corrected chi connectivity index (χ4v) is 3.40. The number of nitrogens with one attached hydrogen (secondary N) is 1. The summed E-state index contributed by atoms with van der Waals surface area (Å²) in [7, 11) is 0. The van der Waals surface area contributed by atoms with Gasteiger partial charge in [-0.15, -0.1) is 0 Å². The largest absolute Gasteiger partial charge is 0.335 e. The molecule has 6 heteroatoms. The van der Waals surface area contributed by atoms with Gasteiger partial charge in [-0.2, -0.15) is 5.10 Å². The Hall–Kier alpha value is -2.21. The Balaban J connectivity index is 1.68. The van der Waals surface area contributed by atoms with Gasteiger partial charge < -0.3 is 10.2 Å². The van der Waals surface area contributed by atoms with E-state index in [4.69, 9.17) is 0 Å². The van der Waals surface area contributed by atoms with Crippen LogP contribution in [0.1, 0.15) is 43.5 Å². The van der Waals surface area contributed by atoms with Gasteiger partial charge in [-0.3, -0.25) is 14.5 Å². The molecule has 134 valence electrons. The number of hydrogen-bond acceptors (Lipinski definition) is 4. The molecule has 1 aliphatic heterocycles. The summed E-state index contributed by atoms with van der Waals surface area (Å²) in [5.74, 6) is 0.542. The molecule has 1 fully saturated rings. The molecule has 1 N–H and O–H groups in total. The normalized spacial score (nSPS) is 17.4. The molecule has 1 atom stereocenters. The lowest BCUT2D eigenvalue weighted by molar-refractivity contribution is -0.132. The number of amides is 1. The summed E-state index contributed by atoms with van der Waals surface area (Å²) in [6, 6.07) is 7.86. The zero-order chi connectivity index (χ0) is 17.5. The second-order valence-corrected chi connectivity index (χ2v) is 6.59. The van der Waals surface area contributed by atoms with Crippen LogP contribution in [0.4, 0.5) is 0 Å². The van der Waals surface area contributed by atoms with E-state index in [9.17, 15) is 4.79 Å². The Kier molecular flexibility index (Phi) is 6.17. The third-order valence-corrected chi connectivity index (χ3v) is 4.67. The number of piperidine rings is 1. The average Bonchev–Trinajstić information content (AvgIpc) is 3.11. The molecule has 1 amide bonds. The first kappa shape index (κ1) is 17.6. The standard InChI is InChI=1S/C19H27N5O/c1-2-12-23(14-17-7-3-4-10-21-17)19(25)15-24-18(8-11-22-24)16-6-5-9-20-13-16/h3-4,7-8,10-11,16,20H,2,5-6,9,12-15H2,1H3/t16-/m1/s1. The van der Waals surface area contributed by atoms with E-state index < -0.39 is 0 Å². The third-order valence-electron chi connectivity index (χ3n) is 4.67. The van der Waals surface area contributed by atoms with Gasteiger partial charge in [0.1, 0.15) is 6.54 Å². The number of nitrogens with zero attached hydrogens (tertiary/aromatic N) is 4. The van der Waals surface area contributed by atoms with Crippen molar-refractivity contribution in [3.05, 3.63) is 48.0 Å². The molecule has 3 rings (SSSR count). The molecule has 1 aliphatic rings. The Morgan fingerprint density at radius 1 is 1.36 bits per heavy atom. The van der Waals surface area contributed by atoms with Gasteiger partial charge in [-0.25, -0.2) is 0 Å². The second kappa shape index (κ2) is 8.76. The molecular weight excluding hydrogens is 314 g/mol. The van der Waals surface area contributed by atoms with E-state index in [1.54, 1.807) is 12.4 Å². The van der Waals surface area contributed by atoms with Crippen LogP contribution in [0.2, 0.25) is 0 Å². The quantitative estimate of drug-likeness (QED) is 0.838. The summed E-state index contributed by atoms with van der Waals surface area (Å²) in [4.78, 5) is 19.1. The van der Waals surface area contributed by atoms with Crippen molar-refractivity contribution in [3.8, 4) is 0 Å². The first-order valence-corrected chi connectivity index (χ1v) is 9.18. The van der Waals surface area contributed by atoms with Crippen LogP contribution >= 0.6 is 0 Å². The van der Waals surface area contributed by atoms with Crippen molar-refractivity contribution < 1.29 is 4.79 Å². The summed E-state index contributed by atoms with van der Waals surface area (Å²) < 4.78 is 1.88. The summed E-state index contributed by atoms with van der Waals surface area (Å²) in [5, 5.41) is 7.84. The van der Waals surface area contributed by atoms with Crippen molar-refractivity contribution in [1.82, 2.24) is 25.0 Å². The highest BCUT2D eigenvalue weighted by Crippen LogP contribution is 2.22. The molecule has 0 aromatic carbocycles. The molecule has 0 unspecified atom stereocenters. The van der Waals surface area contributed by atoms with Gasteiger partial charge in [0, 0.05) is 37.1 Å². The Morgan fingerprint density at radius 3 is 3.00 bits per heavy atom. The predicted octanol–water partition coefficient (Wildman–Crippen LogP) is 2.18. The number of carbonyl (C=O) groups is 1. The SMILES string of the molecule is CCCN(Cc1ccccn1)C(=O)Cn1nccc1[C@@H]1CCCNC1. The molecule has 3 heterocycles. The first-order chi connectivity index (χ1) is 12.3. The summed E-state index contributed by atoms with van der Waals surface area (Å²) in [6.07, 6.45) is 6.83. The second-order valence-electron chi connectivity index (χ2n) is 6.59. The van der Waals surface area contributed by atoms with Crippen LogP contribution in [0.5, 0.6) is 0 Å². The molecule has 25 heavy (non-hydrogen) atoms. The highest BCUT2D eigenvalue weighted by Gasteiger charge is 2.21. The third kappa shape index (κ3) is 4.66. The topological polar surface area (TPSA) is 63.1 Å². The number of pyridine rings is 1. The van der Waals surface area contributed by atoms with Gasteiger partial charge in [-0.1, -0.05) is 13.0 Å². The molecule has 6 nitrogen and oxygen atoms in total. The minimum absolute atomic E-state index is 0.0984. The Labute approximate surface area is 149 Å². The minimum Gasteiger partial charge on any atom is -0.335 e. The molecule has 0 saturated carbocycles. The zero-order valence-electron chi connectivity index (χ0n) is 14.9. The fraction of sp³-hybridized carbons (Fsp3) is 0.526. The summed E-state index contributed by atoms with van der Waals surface area (Å²) in [5.41, 5.74) is 2.08. The van der Waals surface area contributed by atoms with E-state index in [2.05, 4.69) is 22.3 Å². The number of carbonyl (C=O) groups excluding carboxylic acids is 1. The summed E-state index contributed by atoms with van der Waals surface area (Å²) in [6.45, 7) is 5.72. The lowest BCUT2D eigenvalue weighted by atomic mass is 9.96. The maximum Gasteiger partial charge on any atom is 0.244 e. The lowest BCUT2D eigenvalue weighted by Gasteiger charge is -2.25. The molecule has 0 aliphatic carbocycles. The van der Waals surface area contributed by atoms with E-state index in [1.165, 1.54) is 6.42 Å². The van der Waals surface area contributed by atoms with Crippen molar-refractivity contribution in [2.24, 2.45) is 0 Å². The monoisotopic (exact) mass is 341 g/mol. The van der Waals surface area contributed by atoms with Crippen molar-refractivity contribution in [3.63, 3.8) is 0 Å². The van der Waals surface area contributed by atoms with Crippen LogP contribution in [-0.2, 0) is 17.9 Å². The number of hydrogen-bond donors (Lipinski definition) is 1. The highest BCUT2D eigenvalue weighted by molar-refractivity contribution is 5.76. The van der Waals surface area contributed by atoms with Crippen molar-refractivity contribution in [2.45, 2.75) is 45.2 Å². The van der Waals surface area contributed by atoms with Gasteiger partial charge in [0.25, 0.3) is 0 Å².